The maximum absolute atomic E-state index is 12.5. The van der Waals surface area contributed by atoms with Crippen LogP contribution in [0.15, 0.2) is 29.2 Å². The van der Waals surface area contributed by atoms with E-state index in [4.69, 9.17) is 0 Å². The molecule has 1 saturated heterocycles. The monoisotopic (exact) mass is 382 g/mol. The van der Waals surface area contributed by atoms with Gasteiger partial charge in [0.1, 0.15) is 6.04 Å². The highest BCUT2D eigenvalue weighted by atomic mass is 32.2. The van der Waals surface area contributed by atoms with Crippen LogP contribution >= 0.6 is 0 Å². The summed E-state index contributed by atoms with van der Waals surface area (Å²) >= 11 is 0. The number of rotatable bonds is 9. The molecule has 1 aliphatic rings. The normalized spacial score (nSPS) is 20.5. The molecule has 0 aliphatic carbocycles. The Morgan fingerprint density at radius 2 is 1.81 bits per heavy atom. The zero-order valence-corrected chi connectivity index (χ0v) is 16.6. The zero-order chi connectivity index (χ0) is 19.2. The zero-order valence-electron chi connectivity index (χ0n) is 15.8. The lowest BCUT2D eigenvalue weighted by atomic mass is 10.1. The Morgan fingerprint density at radius 1 is 1.15 bits per heavy atom. The molecule has 0 aromatic heterocycles. The Labute approximate surface area is 156 Å². The van der Waals surface area contributed by atoms with Crippen molar-refractivity contribution in [1.82, 2.24) is 20.5 Å². The Bertz CT molecular complexity index is 687. The van der Waals surface area contributed by atoms with Crippen LogP contribution in [0, 0.1) is 0 Å². The van der Waals surface area contributed by atoms with E-state index in [1.54, 1.807) is 24.3 Å². The molecular weight excluding hydrogens is 352 g/mol. The van der Waals surface area contributed by atoms with Crippen molar-refractivity contribution in [2.24, 2.45) is 0 Å². The van der Waals surface area contributed by atoms with Crippen LogP contribution in [-0.2, 0) is 21.4 Å². The lowest BCUT2D eigenvalue weighted by Crippen LogP contribution is -2.43. The van der Waals surface area contributed by atoms with Crippen molar-refractivity contribution >= 4 is 15.9 Å². The van der Waals surface area contributed by atoms with Gasteiger partial charge in [0, 0.05) is 25.7 Å². The second-order valence-electron chi connectivity index (χ2n) is 6.51. The Kier molecular flexibility index (Phi) is 7.57. The van der Waals surface area contributed by atoms with Crippen molar-refractivity contribution in [2.75, 3.05) is 13.1 Å². The van der Waals surface area contributed by atoms with Crippen LogP contribution in [0.4, 0.5) is 0 Å². The average molecular weight is 383 g/mol. The highest BCUT2D eigenvalue weighted by molar-refractivity contribution is 7.89. The van der Waals surface area contributed by atoms with E-state index in [9.17, 15) is 13.2 Å². The number of amides is 1. The number of hydrogen-bond acceptors (Lipinski definition) is 5. The average Bonchev–Trinajstić information content (AvgIpc) is 3.10. The summed E-state index contributed by atoms with van der Waals surface area (Å²) in [5, 5.41) is 2.91. The number of carbonyl (C=O) groups is 1. The van der Waals surface area contributed by atoms with Crippen LogP contribution in [0.3, 0.4) is 0 Å². The molecule has 1 fully saturated rings. The number of benzene rings is 1. The maximum atomic E-state index is 12.5. The van der Waals surface area contributed by atoms with Crippen LogP contribution < -0.4 is 16.2 Å². The molecule has 1 aromatic rings. The molecule has 146 valence electrons. The van der Waals surface area contributed by atoms with E-state index in [-0.39, 0.29) is 16.8 Å². The third-order valence-electron chi connectivity index (χ3n) is 4.67. The fourth-order valence-corrected chi connectivity index (χ4v) is 4.59. The molecule has 26 heavy (non-hydrogen) atoms. The maximum Gasteiger partial charge on any atom is 0.243 e. The van der Waals surface area contributed by atoms with Crippen LogP contribution in [-0.4, -0.2) is 43.8 Å². The molecule has 2 unspecified atom stereocenters. The van der Waals surface area contributed by atoms with Crippen LogP contribution in [0.1, 0.15) is 45.6 Å². The molecule has 1 aliphatic heterocycles. The van der Waals surface area contributed by atoms with Gasteiger partial charge in [0.2, 0.25) is 15.9 Å². The first-order valence-electron chi connectivity index (χ1n) is 9.30. The van der Waals surface area contributed by atoms with E-state index in [0.29, 0.717) is 25.7 Å². The summed E-state index contributed by atoms with van der Waals surface area (Å²) < 4.78 is 26.4. The predicted molar refractivity (Wildman–Crippen MR) is 102 cm³/mol. The first kappa shape index (κ1) is 20.8. The molecule has 1 heterocycles. The minimum atomic E-state index is -3.45. The third kappa shape index (κ3) is 5.03. The van der Waals surface area contributed by atoms with Gasteiger partial charge in [-0.1, -0.05) is 39.3 Å². The lowest BCUT2D eigenvalue weighted by Gasteiger charge is -2.18. The van der Waals surface area contributed by atoms with Gasteiger partial charge in [0.25, 0.3) is 0 Å². The third-order valence-corrected chi connectivity index (χ3v) is 6.73. The lowest BCUT2D eigenvalue weighted by molar-refractivity contribution is -0.123. The van der Waals surface area contributed by atoms with Gasteiger partial charge >= 0.3 is 0 Å². The van der Waals surface area contributed by atoms with Crippen LogP contribution in [0.2, 0.25) is 0 Å². The van der Waals surface area contributed by atoms with Gasteiger partial charge in [-0.05, 0) is 30.5 Å². The summed E-state index contributed by atoms with van der Waals surface area (Å²) in [7, 11) is -3.45. The summed E-state index contributed by atoms with van der Waals surface area (Å²) in [6, 6.07) is 6.80. The second-order valence-corrected chi connectivity index (χ2v) is 8.45. The molecule has 1 amide bonds. The minimum absolute atomic E-state index is 0.0454. The van der Waals surface area contributed by atoms with Gasteiger partial charge in [0.15, 0.2) is 0 Å². The number of hydrogen-bond donors (Lipinski definition) is 3. The van der Waals surface area contributed by atoms with Crippen molar-refractivity contribution < 1.29 is 13.2 Å². The summed E-state index contributed by atoms with van der Waals surface area (Å²) in [5.74, 6) is -0.0454. The smallest absolute Gasteiger partial charge is 0.243 e. The van der Waals surface area contributed by atoms with Gasteiger partial charge in [-0.15, -0.1) is 0 Å². The summed E-state index contributed by atoms with van der Waals surface area (Å²) in [6.45, 7) is 7.03. The van der Waals surface area contributed by atoms with Crippen molar-refractivity contribution in [2.45, 2.75) is 63.6 Å². The van der Waals surface area contributed by atoms with E-state index in [1.807, 2.05) is 13.8 Å². The van der Waals surface area contributed by atoms with E-state index in [0.717, 1.165) is 24.8 Å². The first-order valence-corrected chi connectivity index (χ1v) is 10.7. The van der Waals surface area contributed by atoms with Crippen molar-refractivity contribution in [3.63, 3.8) is 0 Å². The Morgan fingerprint density at radius 3 is 2.38 bits per heavy atom. The summed E-state index contributed by atoms with van der Waals surface area (Å²) in [5.41, 5.74) is 7.05. The van der Waals surface area contributed by atoms with Crippen molar-refractivity contribution in [3.05, 3.63) is 29.8 Å². The molecule has 2 rings (SSSR count). The van der Waals surface area contributed by atoms with Gasteiger partial charge in [-0.2, -0.15) is 4.31 Å². The SMILES string of the molecule is CCCC1CC(C(=O)NCc2ccc(S(=O)(=O)N(CC)CC)cc2)NN1. The van der Waals surface area contributed by atoms with Gasteiger partial charge in [0.05, 0.1) is 4.90 Å². The largest absolute Gasteiger partial charge is 0.351 e. The van der Waals surface area contributed by atoms with Crippen LogP contribution in [0.25, 0.3) is 0 Å². The number of nitrogens with one attached hydrogen (secondary N) is 3. The standard InChI is InChI=1S/C18H30N4O3S/c1-4-7-15-12-17(21-20-15)18(23)19-13-14-8-10-16(11-9-14)26(24,25)22(5-2)6-3/h8-11,15,17,20-21H,4-7,12-13H2,1-3H3,(H,19,23). The van der Waals surface area contributed by atoms with Gasteiger partial charge in [-0.25, -0.2) is 13.8 Å². The summed E-state index contributed by atoms with van der Waals surface area (Å²) in [6.07, 6.45) is 2.90. The van der Waals surface area contributed by atoms with E-state index < -0.39 is 10.0 Å². The van der Waals surface area contributed by atoms with E-state index in [1.165, 1.54) is 4.31 Å². The first-order chi connectivity index (χ1) is 12.4. The van der Waals surface area contributed by atoms with Crippen molar-refractivity contribution in [3.8, 4) is 0 Å². The molecule has 0 saturated carbocycles. The number of nitrogens with zero attached hydrogens (tertiary/aromatic N) is 1. The second kappa shape index (κ2) is 9.45. The fraction of sp³-hybridized carbons (Fsp3) is 0.611. The Balaban J connectivity index is 1.91. The predicted octanol–water partition coefficient (Wildman–Crippen LogP) is 1.37. The molecule has 3 N–H and O–H groups in total. The topological polar surface area (TPSA) is 90.5 Å². The molecule has 8 heteroatoms. The highest BCUT2D eigenvalue weighted by Gasteiger charge is 2.28. The van der Waals surface area contributed by atoms with Crippen LogP contribution in [0.5, 0.6) is 0 Å². The number of carbonyl (C=O) groups excluding carboxylic acids is 1. The molecule has 7 nitrogen and oxygen atoms in total. The molecule has 2 atom stereocenters. The molecule has 0 bridgehead atoms. The molecular formula is C18H30N4O3S. The summed E-state index contributed by atoms with van der Waals surface area (Å²) in [4.78, 5) is 12.5. The quantitative estimate of drug-likeness (QED) is 0.600. The minimum Gasteiger partial charge on any atom is -0.351 e. The fourth-order valence-electron chi connectivity index (χ4n) is 3.14. The molecule has 1 aromatic carbocycles. The van der Waals surface area contributed by atoms with Crippen molar-refractivity contribution in [1.29, 1.82) is 0 Å². The molecule has 0 radical (unpaired) electrons. The highest BCUT2D eigenvalue weighted by Crippen LogP contribution is 2.16. The van der Waals surface area contributed by atoms with Gasteiger partial charge < -0.3 is 5.32 Å². The van der Waals surface area contributed by atoms with E-state index >= 15 is 0 Å². The Hall–Kier alpha value is -1.48. The number of hydrazine groups is 1. The molecule has 0 spiro atoms. The van der Waals surface area contributed by atoms with E-state index in [2.05, 4.69) is 23.1 Å². The number of sulfonamides is 1. The van der Waals surface area contributed by atoms with Gasteiger partial charge in [-0.3, -0.25) is 10.2 Å².